The molecule has 10 heteroatoms. The summed E-state index contributed by atoms with van der Waals surface area (Å²) in [6.07, 6.45) is 1.76. The molecule has 0 atom stereocenters. The summed E-state index contributed by atoms with van der Waals surface area (Å²) in [5.41, 5.74) is 2.68. The molecule has 31 heavy (non-hydrogen) atoms. The Balaban J connectivity index is 1.48. The average molecular weight is 461 g/mol. The van der Waals surface area contributed by atoms with Crippen molar-refractivity contribution in [1.29, 1.82) is 0 Å². The van der Waals surface area contributed by atoms with Crippen LogP contribution in [0.4, 0.5) is 5.82 Å². The number of imidazole rings is 1. The summed E-state index contributed by atoms with van der Waals surface area (Å²) in [6, 6.07) is 8.91. The highest BCUT2D eigenvalue weighted by molar-refractivity contribution is 7.88. The van der Waals surface area contributed by atoms with E-state index in [0.717, 1.165) is 23.0 Å². The van der Waals surface area contributed by atoms with E-state index in [0.29, 0.717) is 42.6 Å². The van der Waals surface area contributed by atoms with Gasteiger partial charge in [-0.05, 0) is 38.5 Å². The molecule has 8 nitrogen and oxygen atoms in total. The Morgan fingerprint density at radius 1 is 1.00 bits per heavy atom. The van der Waals surface area contributed by atoms with Crippen LogP contribution in [0.2, 0.25) is 5.02 Å². The van der Waals surface area contributed by atoms with Gasteiger partial charge in [-0.1, -0.05) is 23.7 Å². The maximum atomic E-state index is 12.9. The fourth-order valence-corrected chi connectivity index (χ4v) is 5.39. The van der Waals surface area contributed by atoms with Crippen molar-refractivity contribution in [3.63, 3.8) is 0 Å². The molecule has 1 saturated heterocycles. The zero-order chi connectivity index (χ0) is 22.2. The first kappa shape index (κ1) is 21.7. The lowest BCUT2D eigenvalue weighted by Gasteiger charge is -2.35. The van der Waals surface area contributed by atoms with Crippen LogP contribution in [0.5, 0.6) is 0 Å². The average Bonchev–Trinajstić information content (AvgIpc) is 3.06. The molecule has 0 N–H and O–H groups in total. The molecule has 4 rings (SSSR count). The summed E-state index contributed by atoms with van der Waals surface area (Å²) >= 11 is 5.99. The van der Waals surface area contributed by atoms with Crippen LogP contribution in [0.1, 0.15) is 22.8 Å². The van der Waals surface area contributed by atoms with E-state index in [1.807, 2.05) is 31.4 Å². The first-order chi connectivity index (χ1) is 14.7. The van der Waals surface area contributed by atoms with Gasteiger partial charge in [0.05, 0.1) is 11.4 Å². The molecular formula is C21H25ClN6O2S. The lowest BCUT2D eigenvalue weighted by atomic mass is 10.2. The monoisotopic (exact) mass is 460 g/mol. The van der Waals surface area contributed by atoms with E-state index >= 15 is 0 Å². The Morgan fingerprint density at radius 3 is 2.35 bits per heavy atom. The molecule has 1 aromatic carbocycles. The predicted octanol–water partition coefficient (Wildman–Crippen LogP) is 2.89. The number of halogens is 1. The van der Waals surface area contributed by atoms with Crippen molar-refractivity contribution in [2.24, 2.45) is 0 Å². The summed E-state index contributed by atoms with van der Waals surface area (Å²) in [7, 11) is -3.42. The number of nitrogens with zero attached hydrogens (tertiary/aromatic N) is 6. The summed E-state index contributed by atoms with van der Waals surface area (Å²) < 4.78 is 29.2. The molecule has 0 radical (unpaired) electrons. The van der Waals surface area contributed by atoms with Crippen molar-refractivity contribution in [1.82, 2.24) is 23.8 Å². The van der Waals surface area contributed by atoms with E-state index in [9.17, 15) is 8.42 Å². The quantitative estimate of drug-likeness (QED) is 0.582. The van der Waals surface area contributed by atoms with Gasteiger partial charge in [-0.15, -0.1) is 0 Å². The standard InChI is InChI=1S/C21H25ClN6O2S/c1-15-16(2)28(14-23-15)21-12-20(24-17(3)25-21)26-7-9-27(10-8-26)31(29,30)13-18-5-4-6-19(22)11-18/h4-6,11-12,14H,7-10,13H2,1-3H3. The normalized spacial score (nSPS) is 15.4. The topological polar surface area (TPSA) is 84.2 Å². The molecular weight excluding hydrogens is 436 g/mol. The van der Waals surface area contributed by atoms with Crippen LogP contribution in [0, 0.1) is 20.8 Å². The van der Waals surface area contributed by atoms with Gasteiger partial charge in [-0.25, -0.2) is 23.4 Å². The molecule has 1 fully saturated rings. The van der Waals surface area contributed by atoms with Gasteiger partial charge in [0, 0.05) is 43.0 Å². The third kappa shape index (κ3) is 4.73. The molecule has 2 aromatic heterocycles. The summed E-state index contributed by atoms with van der Waals surface area (Å²) in [5, 5.41) is 0.538. The molecule has 1 aliphatic heterocycles. The Morgan fingerprint density at radius 2 is 1.71 bits per heavy atom. The van der Waals surface area contributed by atoms with Gasteiger partial charge in [0.15, 0.2) is 0 Å². The molecule has 3 aromatic rings. The van der Waals surface area contributed by atoms with Gasteiger partial charge in [0.2, 0.25) is 10.0 Å². The van der Waals surface area contributed by atoms with E-state index in [4.69, 9.17) is 11.6 Å². The van der Waals surface area contributed by atoms with Gasteiger partial charge in [0.25, 0.3) is 0 Å². The highest BCUT2D eigenvalue weighted by atomic mass is 35.5. The molecule has 0 bridgehead atoms. The van der Waals surface area contributed by atoms with Crippen molar-refractivity contribution >= 4 is 27.4 Å². The highest BCUT2D eigenvalue weighted by Gasteiger charge is 2.28. The summed E-state index contributed by atoms with van der Waals surface area (Å²) in [4.78, 5) is 15.6. The number of sulfonamides is 1. The maximum Gasteiger partial charge on any atom is 0.218 e. The van der Waals surface area contributed by atoms with Gasteiger partial charge in [-0.3, -0.25) is 4.57 Å². The number of hydrogen-bond donors (Lipinski definition) is 0. The molecule has 0 saturated carbocycles. The van der Waals surface area contributed by atoms with Crippen molar-refractivity contribution in [3.8, 4) is 5.82 Å². The minimum Gasteiger partial charge on any atom is -0.354 e. The van der Waals surface area contributed by atoms with Crippen molar-refractivity contribution in [2.45, 2.75) is 26.5 Å². The number of piperazine rings is 1. The van der Waals surface area contributed by atoms with E-state index in [1.165, 1.54) is 0 Å². The second kappa shape index (κ2) is 8.57. The van der Waals surface area contributed by atoms with Crippen molar-refractivity contribution < 1.29 is 8.42 Å². The van der Waals surface area contributed by atoms with Gasteiger partial charge >= 0.3 is 0 Å². The molecule has 0 unspecified atom stereocenters. The molecule has 0 spiro atoms. The zero-order valence-corrected chi connectivity index (χ0v) is 19.4. The number of benzene rings is 1. The minimum absolute atomic E-state index is 0.0520. The van der Waals surface area contributed by atoms with Crippen LogP contribution in [-0.2, 0) is 15.8 Å². The lowest BCUT2D eigenvalue weighted by Crippen LogP contribution is -2.49. The van der Waals surface area contributed by atoms with E-state index in [2.05, 4.69) is 19.9 Å². The van der Waals surface area contributed by atoms with E-state index < -0.39 is 10.0 Å². The molecule has 0 amide bonds. The Bertz CT molecular complexity index is 1200. The Labute approximate surface area is 187 Å². The number of aromatic nitrogens is 4. The first-order valence-corrected chi connectivity index (χ1v) is 12.1. The van der Waals surface area contributed by atoms with Gasteiger partial charge in [0.1, 0.15) is 23.8 Å². The molecule has 3 heterocycles. The molecule has 164 valence electrons. The fourth-order valence-electron chi connectivity index (χ4n) is 3.68. The SMILES string of the molecule is Cc1nc(N2CCN(S(=O)(=O)Cc3cccc(Cl)c3)CC2)cc(-n2cnc(C)c2C)n1. The number of anilines is 1. The lowest BCUT2D eigenvalue weighted by molar-refractivity contribution is 0.383. The minimum atomic E-state index is -3.42. The third-order valence-corrected chi connectivity index (χ3v) is 7.59. The Kier molecular flexibility index (Phi) is 6.00. The number of hydrogen-bond acceptors (Lipinski definition) is 6. The van der Waals surface area contributed by atoms with Crippen LogP contribution in [-0.4, -0.2) is 58.4 Å². The summed E-state index contributed by atoms with van der Waals surface area (Å²) in [6.45, 7) is 7.76. The number of aryl methyl sites for hydroxylation is 2. The molecule has 0 aliphatic carbocycles. The fraction of sp³-hybridized carbons (Fsp3) is 0.381. The maximum absolute atomic E-state index is 12.9. The van der Waals surface area contributed by atoms with E-state index in [1.54, 1.807) is 34.9 Å². The van der Waals surface area contributed by atoms with Crippen LogP contribution in [0.15, 0.2) is 36.7 Å². The van der Waals surface area contributed by atoms with Crippen LogP contribution >= 0.6 is 11.6 Å². The first-order valence-electron chi connectivity index (χ1n) is 10.1. The largest absolute Gasteiger partial charge is 0.354 e. The third-order valence-electron chi connectivity index (χ3n) is 5.50. The smallest absolute Gasteiger partial charge is 0.218 e. The molecule has 1 aliphatic rings. The summed E-state index contributed by atoms with van der Waals surface area (Å²) in [5.74, 6) is 2.16. The zero-order valence-electron chi connectivity index (χ0n) is 17.8. The second-order valence-electron chi connectivity index (χ2n) is 7.69. The Hall–Kier alpha value is -2.49. The van der Waals surface area contributed by atoms with Crippen molar-refractivity contribution in [3.05, 3.63) is 64.5 Å². The van der Waals surface area contributed by atoms with Gasteiger partial charge < -0.3 is 4.90 Å². The number of rotatable bonds is 5. The second-order valence-corrected chi connectivity index (χ2v) is 10.1. The van der Waals surface area contributed by atoms with Gasteiger partial charge in [-0.2, -0.15) is 4.31 Å². The van der Waals surface area contributed by atoms with Crippen LogP contribution in [0.25, 0.3) is 5.82 Å². The van der Waals surface area contributed by atoms with Crippen LogP contribution < -0.4 is 4.90 Å². The van der Waals surface area contributed by atoms with Crippen LogP contribution in [0.3, 0.4) is 0 Å². The predicted molar refractivity (Wildman–Crippen MR) is 121 cm³/mol. The van der Waals surface area contributed by atoms with E-state index in [-0.39, 0.29) is 5.75 Å². The van der Waals surface area contributed by atoms with Crippen molar-refractivity contribution in [2.75, 3.05) is 31.1 Å². The highest BCUT2D eigenvalue weighted by Crippen LogP contribution is 2.22.